The fourth-order valence-electron chi connectivity index (χ4n) is 3.55. The molecule has 3 rings (SSSR count). The average Bonchev–Trinajstić information content (AvgIpc) is 3.02. The molecule has 7 nitrogen and oxygen atoms in total. The Balaban J connectivity index is 1.41. The van der Waals surface area contributed by atoms with E-state index in [-0.39, 0.29) is 24.0 Å². The zero-order valence-electron chi connectivity index (χ0n) is 17.4. The molecule has 1 aliphatic rings. The van der Waals surface area contributed by atoms with Crippen molar-refractivity contribution in [3.63, 3.8) is 0 Å². The third-order valence-electron chi connectivity index (χ3n) is 5.02. The number of benzene rings is 1. The monoisotopic (exact) mass is 438 g/mol. The summed E-state index contributed by atoms with van der Waals surface area (Å²) in [5.74, 6) is -0.528. The number of Topliss-reactive ketones (excluding diaryl/α,β-unsaturated/α-hetero) is 1. The molecule has 0 atom stereocenters. The quantitative estimate of drug-likeness (QED) is 0.650. The number of carbonyl (C=O) groups is 2. The normalized spacial score (nSPS) is 15.6. The van der Waals surface area contributed by atoms with E-state index in [1.165, 1.54) is 12.1 Å². The fraction of sp³-hybridized carbons (Fsp3) is 0.429. The molecule has 168 valence electrons. The van der Waals surface area contributed by atoms with Crippen molar-refractivity contribution in [3.05, 3.63) is 47.3 Å². The Labute approximate surface area is 178 Å². The number of hydrogen-bond donors (Lipinski definition) is 2. The lowest BCUT2D eigenvalue weighted by Crippen LogP contribution is -2.49. The molecule has 1 amide bonds. The lowest BCUT2D eigenvalue weighted by atomic mass is 10.1. The van der Waals surface area contributed by atoms with Crippen molar-refractivity contribution in [2.45, 2.75) is 20.2 Å². The highest BCUT2D eigenvalue weighted by atomic mass is 19.4. The van der Waals surface area contributed by atoms with Crippen molar-refractivity contribution < 1.29 is 27.5 Å². The smallest absolute Gasteiger partial charge is 0.406 e. The first kappa shape index (κ1) is 22.8. The van der Waals surface area contributed by atoms with Crippen molar-refractivity contribution >= 4 is 17.4 Å². The molecule has 2 N–H and O–H groups in total. The minimum absolute atomic E-state index is 0.0750. The van der Waals surface area contributed by atoms with Crippen LogP contribution in [0.5, 0.6) is 5.75 Å². The number of aryl methyl sites for hydroxylation is 2. The van der Waals surface area contributed by atoms with Crippen LogP contribution in [0.2, 0.25) is 0 Å². The predicted molar refractivity (Wildman–Crippen MR) is 109 cm³/mol. The molecule has 1 aromatic heterocycles. The van der Waals surface area contributed by atoms with Crippen molar-refractivity contribution in [1.82, 2.24) is 14.8 Å². The Morgan fingerprint density at radius 2 is 1.61 bits per heavy atom. The van der Waals surface area contributed by atoms with Gasteiger partial charge in [0.05, 0.1) is 13.1 Å². The van der Waals surface area contributed by atoms with E-state index < -0.39 is 6.36 Å². The van der Waals surface area contributed by atoms with Gasteiger partial charge in [-0.1, -0.05) is 0 Å². The van der Waals surface area contributed by atoms with E-state index >= 15 is 0 Å². The number of anilines is 1. The van der Waals surface area contributed by atoms with Crippen LogP contribution in [0.1, 0.15) is 21.7 Å². The molecular weight excluding hydrogens is 413 g/mol. The van der Waals surface area contributed by atoms with Gasteiger partial charge in [-0.3, -0.25) is 19.4 Å². The number of H-pyrrole nitrogens is 1. The van der Waals surface area contributed by atoms with Gasteiger partial charge in [-0.05, 0) is 44.2 Å². The van der Waals surface area contributed by atoms with Gasteiger partial charge in [0.15, 0.2) is 5.78 Å². The van der Waals surface area contributed by atoms with Crippen LogP contribution in [-0.4, -0.2) is 72.1 Å². The number of hydrogen-bond acceptors (Lipinski definition) is 5. The number of nitrogens with one attached hydrogen (secondary N) is 2. The summed E-state index contributed by atoms with van der Waals surface area (Å²) in [5, 5.41) is 2.66. The first-order chi connectivity index (χ1) is 14.6. The molecule has 1 aliphatic heterocycles. The van der Waals surface area contributed by atoms with E-state index in [1.807, 2.05) is 24.8 Å². The summed E-state index contributed by atoms with van der Waals surface area (Å²) in [5.41, 5.74) is 2.93. The summed E-state index contributed by atoms with van der Waals surface area (Å²) in [6, 6.07) is 6.86. The SMILES string of the molecule is Cc1cc(C(=O)CN2CCN(CC(=O)Nc3ccc(OC(F)(F)F)cc3)CC2)c(C)[nH]1. The van der Waals surface area contributed by atoms with Crippen molar-refractivity contribution in [1.29, 1.82) is 0 Å². The molecule has 0 spiro atoms. The van der Waals surface area contributed by atoms with Gasteiger partial charge in [-0.2, -0.15) is 0 Å². The second-order valence-electron chi connectivity index (χ2n) is 7.59. The van der Waals surface area contributed by atoms with E-state index in [2.05, 4.69) is 19.9 Å². The molecule has 0 saturated carbocycles. The number of ether oxygens (including phenoxy) is 1. The first-order valence-corrected chi connectivity index (χ1v) is 9.89. The minimum Gasteiger partial charge on any atom is -0.406 e. The minimum atomic E-state index is -4.75. The second-order valence-corrected chi connectivity index (χ2v) is 7.59. The molecule has 2 aromatic rings. The molecule has 31 heavy (non-hydrogen) atoms. The Morgan fingerprint density at radius 3 is 2.13 bits per heavy atom. The lowest BCUT2D eigenvalue weighted by Gasteiger charge is -2.33. The number of piperazine rings is 1. The van der Waals surface area contributed by atoms with Crippen molar-refractivity contribution in [2.24, 2.45) is 0 Å². The Hall–Kier alpha value is -2.85. The maximum absolute atomic E-state index is 12.5. The number of ketones is 1. The van der Waals surface area contributed by atoms with Gasteiger partial charge in [0.2, 0.25) is 5.91 Å². The van der Waals surface area contributed by atoms with Crippen LogP contribution < -0.4 is 10.1 Å². The summed E-state index contributed by atoms with van der Waals surface area (Å²) in [7, 11) is 0. The van der Waals surface area contributed by atoms with Crippen molar-refractivity contribution in [2.75, 3.05) is 44.6 Å². The number of rotatable bonds is 7. The number of nitrogens with zero attached hydrogens (tertiary/aromatic N) is 2. The molecule has 0 aliphatic carbocycles. The van der Waals surface area contributed by atoms with Gasteiger partial charge in [-0.15, -0.1) is 13.2 Å². The van der Waals surface area contributed by atoms with Crippen LogP contribution in [0.15, 0.2) is 30.3 Å². The average molecular weight is 438 g/mol. The largest absolute Gasteiger partial charge is 0.573 e. The first-order valence-electron chi connectivity index (χ1n) is 9.89. The number of halogens is 3. The molecule has 1 fully saturated rings. The summed E-state index contributed by atoms with van der Waals surface area (Å²) in [6.07, 6.45) is -4.75. The van der Waals surface area contributed by atoms with Gasteiger partial charge in [0.25, 0.3) is 0 Å². The van der Waals surface area contributed by atoms with Crippen LogP contribution in [0, 0.1) is 13.8 Å². The highest BCUT2D eigenvalue weighted by molar-refractivity contribution is 5.98. The van der Waals surface area contributed by atoms with Crippen LogP contribution >= 0.6 is 0 Å². The summed E-state index contributed by atoms with van der Waals surface area (Å²) >= 11 is 0. The summed E-state index contributed by atoms with van der Waals surface area (Å²) in [6.45, 7) is 6.93. The third kappa shape index (κ3) is 6.83. The number of carbonyl (C=O) groups excluding carboxylic acids is 2. The van der Waals surface area contributed by atoms with E-state index in [0.29, 0.717) is 44.0 Å². The standard InChI is InChI=1S/C21H25F3N4O3/c1-14-11-18(15(2)25-14)19(29)12-27-7-9-28(10-8-27)13-20(30)26-16-3-5-17(6-4-16)31-21(22,23)24/h3-6,11,25H,7-10,12-13H2,1-2H3,(H,26,30). The topological polar surface area (TPSA) is 77.7 Å². The number of aromatic nitrogens is 1. The molecule has 0 bridgehead atoms. The lowest BCUT2D eigenvalue weighted by molar-refractivity contribution is -0.274. The predicted octanol–water partition coefficient (Wildman–Crippen LogP) is 2.97. The van der Waals surface area contributed by atoms with Crippen LogP contribution in [0.25, 0.3) is 0 Å². The van der Waals surface area contributed by atoms with Crippen LogP contribution in [0.4, 0.5) is 18.9 Å². The van der Waals surface area contributed by atoms with Gasteiger partial charge in [0.1, 0.15) is 5.75 Å². The van der Waals surface area contributed by atoms with Gasteiger partial charge in [0, 0.05) is 48.8 Å². The van der Waals surface area contributed by atoms with Gasteiger partial charge in [-0.25, -0.2) is 0 Å². The molecule has 10 heteroatoms. The summed E-state index contributed by atoms with van der Waals surface area (Å²) < 4.78 is 40.4. The second kappa shape index (κ2) is 9.52. The number of aromatic amines is 1. The highest BCUT2D eigenvalue weighted by Gasteiger charge is 2.31. The van der Waals surface area contributed by atoms with Crippen LogP contribution in [0.3, 0.4) is 0 Å². The van der Waals surface area contributed by atoms with E-state index in [0.717, 1.165) is 23.5 Å². The Kier molecular flexibility index (Phi) is 7.01. The highest BCUT2D eigenvalue weighted by Crippen LogP contribution is 2.24. The van der Waals surface area contributed by atoms with E-state index in [1.54, 1.807) is 0 Å². The molecule has 2 heterocycles. The maximum atomic E-state index is 12.5. The summed E-state index contributed by atoms with van der Waals surface area (Å²) in [4.78, 5) is 31.9. The molecular formula is C21H25F3N4O3. The van der Waals surface area contributed by atoms with Gasteiger partial charge < -0.3 is 15.0 Å². The Bertz CT molecular complexity index is 917. The maximum Gasteiger partial charge on any atom is 0.573 e. The zero-order valence-corrected chi connectivity index (χ0v) is 17.4. The van der Waals surface area contributed by atoms with E-state index in [9.17, 15) is 22.8 Å². The number of alkyl halides is 3. The molecule has 0 radical (unpaired) electrons. The molecule has 0 unspecified atom stereocenters. The number of amides is 1. The molecule has 1 saturated heterocycles. The third-order valence-corrected chi connectivity index (χ3v) is 5.02. The van der Waals surface area contributed by atoms with Gasteiger partial charge >= 0.3 is 6.36 Å². The van der Waals surface area contributed by atoms with Crippen LogP contribution in [-0.2, 0) is 4.79 Å². The van der Waals surface area contributed by atoms with E-state index in [4.69, 9.17) is 0 Å². The zero-order chi connectivity index (χ0) is 22.6. The molecule has 1 aromatic carbocycles. The van der Waals surface area contributed by atoms with Crippen molar-refractivity contribution in [3.8, 4) is 5.75 Å². The fourth-order valence-corrected chi connectivity index (χ4v) is 3.55. The Morgan fingerprint density at radius 1 is 1.03 bits per heavy atom.